The first-order chi connectivity index (χ1) is 7.27. The van der Waals surface area contributed by atoms with Crippen LogP contribution in [0.2, 0.25) is 0 Å². The molecule has 2 rings (SSSR count). The third-order valence-electron chi connectivity index (χ3n) is 2.26. The molecular weight excluding hydrogens is 208 g/mol. The number of aliphatic hydroxyl groups is 1. The number of aliphatic hydroxyl groups excluding tert-OH is 1. The molecule has 2 aromatic rings. The van der Waals surface area contributed by atoms with Crippen LogP contribution in [0.3, 0.4) is 0 Å². The van der Waals surface area contributed by atoms with E-state index in [1.165, 1.54) is 11.5 Å². The summed E-state index contributed by atoms with van der Waals surface area (Å²) in [5.41, 5.74) is 1.95. The molecule has 0 amide bonds. The van der Waals surface area contributed by atoms with Crippen LogP contribution >= 0.6 is 11.5 Å². The summed E-state index contributed by atoms with van der Waals surface area (Å²) in [6.07, 6.45) is 0.123. The molecule has 0 saturated carbocycles. The summed E-state index contributed by atoms with van der Waals surface area (Å²) in [6, 6.07) is 9.93. The molecule has 0 fully saturated rings. The van der Waals surface area contributed by atoms with E-state index in [4.69, 9.17) is 0 Å². The van der Waals surface area contributed by atoms with Crippen LogP contribution < -0.4 is 0 Å². The van der Waals surface area contributed by atoms with E-state index in [0.29, 0.717) is 6.42 Å². The molecule has 0 aliphatic rings. The van der Waals surface area contributed by atoms with E-state index in [1.54, 1.807) is 0 Å². The fourth-order valence-electron chi connectivity index (χ4n) is 1.47. The van der Waals surface area contributed by atoms with Crippen LogP contribution in [0.5, 0.6) is 0 Å². The zero-order chi connectivity index (χ0) is 10.7. The Balaban J connectivity index is 2.11. The highest BCUT2D eigenvalue weighted by Crippen LogP contribution is 2.23. The Kier molecular flexibility index (Phi) is 3.08. The minimum absolute atomic E-state index is 0.493. The van der Waals surface area contributed by atoms with Gasteiger partial charge in [0.2, 0.25) is 0 Å². The molecule has 0 saturated heterocycles. The average molecular weight is 220 g/mol. The van der Waals surface area contributed by atoms with Crippen molar-refractivity contribution in [1.82, 2.24) is 9.59 Å². The van der Waals surface area contributed by atoms with Gasteiger partial charge in [0.05, 0.1) is 16.7 Å². The number of aryl methyl sites for hydroxylation is 1. The molecular formula is C11H12N2OS. The highest BCUT2D eigenvalue weighted by atomic mass is 32.1. The summed E-state index contributed by atoms with van der Waals surface area (Å²) in [7, 11) is 0. The van der Waals surface area contributed by atoms with Crippen LogP contribution in [-0.2, 0) is 6.42 Å². The first kappa shape index (κ1) is 10.3. The minimum atomic E-state index is -0.493. The third kappa shape index (κ3) is 2.40. The van der Waals surface area contributed by atoms with Crippen LogP contribution in [-0.4, -0.2) is 14.7 Å². The first-order valence-corrected chi connectivity index (χ1v) is 5.55. The maximum absolute atomic E-state index is 9.97. The van der Waals surface area contributed by atoms with Crippen LogP contribution in [0, 0.1) is 6.92 Å². The van der Waals surface area contributed by atoms with Crippen molar-refractivity contribution in [3.8, 4) is 0 Å². The fraction of sp³-hybridized carbons (Fsp3) is 0.273. The number of rotatable bonds is 3. The summed E-state index contributed by atoms with van der Waals surface area (Å²) in [6.45, 7) is 1.87. The van der Waals surface area contributed by atoms with Crippen LogP contribution in [0.4, 0.5) is 0 Å². The molecule has 4 heteroatoms. The van der Waals surface area contributed by atoms with Crippen molar-refractivity contribution in [3.63, 3.8) is 0 Å². The smallest absolute Gasteiger partial charge is 0.0957 e. The fourth-order valence-corrected chi connectivity index (χ4v) is 2.10. The van der Waals surface area contributed by atoms with Gasteiger partial charge >= 0.3 is 0 Å². The van der Waals surface area contributed by atoms with Gasteiger partial charge in [0.1, 0.15) is 0 Å². The summed E-state index contributed by atoms with van der Waals surface area (Å²) in [5.74, 6) is 0. The lowest BCUT2D eigenvalue weighted by Gasteiger charge is -2.08. The Hall–Kier alpha value is -1.26. The Labute approximate surface area is 92.6 Å². The van der Waals surface area contributed by atoms with Gasteiger partial charge in [0, 0.05) is 6.42 Å². The molecule has 15 heavy (non-hydrogen) atoms. The number of hydrogen-bond donors (Lipinski definition) is 1. The Morgan fingerprint density at radius 1 is 1.33 bits per heavy atom. The number of aromatic nitrogens is 2. The van der Waals surface area contributed by atoms with Gasteiger partial charge in [-0.25, -0.2) is 0 Å². The van der Waals surface area contributed by atoms with Gasteiger partial charge in [-0.3, -0.25) is 0 Å². The maximum atomic E-state index is 9.97. The van der Waals surface area contributed by atoms with Crippen molar-refractivity contribution in [3.05, 3.63) is 46.5 Å². The van der Waals surface area contributed by atoms with E-state index >= 15 is 0 Å². The number of hydrogen-bond acceptors (Lipinski definition) is 4. The van der Waals surface area contributed by atoms with Crippen LogP contribution in [0.25, 0.3) is 0 Å². The molecule has 0 aliphatic heterocycles. The van der Waals surface area contributed by atoms with E-state index in [1.807, 2.05) is 37.3 Å². The summed E-state index contributed by atoms with van der Waals surface area (Å²) in [5, 5.41) is 13.9. The first-order valence-electron chi connectivity index (χ1n) is 4.78. The molecule has 1 aromatic heterocycles. The molecule has 1 unspecified atom stereocenters. The molecule has 0 radical (unpaired) electrons. The van der Waals surface area contributed by atoms with Crippen LogP contribution in [0.15, 0.2) is 30.3 Å². The Bertz CT molecular complexity index is 427. The van der Waals surface area contributed by atoms with Crippen molar-refractivity contribution in [2.45, 2.75) is 19.4 Å². The average Bonchev–Trinajstić information content (AvgIpc) is 2.66. The lowest BCUT2D eigenvalue weighted by atomic mass is 10.1. The van der Waals surface area contributed by atoms with Gasteiger partial charge in [0.15, 0.2) is 0 Å². The van der Waals surface area contributed by atoms with Crippen LogP contribution in [0.1, 0.15) is 22.2 Å². The molecule has 78 valence electrons. The number of nitrogens with zero attached hydrogens (tertiary/aromatic N) is 2. The Morgan fingerprint density at radius 2 is 2.07 bits per heavy atom. The monoisotopic (exact) mass is 220 g/mol. The van der Waals surface area contributed by atoms with Gasteiger partial charge in [0.25, 0.3) is 0 Å². The van der Waals surface area contributed by atoms with E-state index in [9.17, 15) is 5.11 Å². The van der Waals surface area contributed by atoms with Gasteiger partial charge in [-0.1, -0.05) is 34.8 Å². The topological polar surface area (TPSA) is 46.0 Å². The summed E-state index contributed by atoms with van der Waals surface area (Å²) >= 11 is 1.27. The largest absolute Gasteiger partial charge is 0.387 e. The molecule has 0 bridgehead atoms. The van der Waals surface area contributed by atoms with Gasteiger partial charge in [-0.15, -0.1) is 5.10 Å². The molecule has 1 atom stereocenters. The second-order valence-electron chi connectivity index (χ2n) is 3.43. The summed E-state index contributed by atoms with van der Waals surface area (Å²) in [4.78, 5) is 0.860. The highest BCUT2D eigenvalue weighted by molar-refractivity contribution is 7.05. The molecule has 1 N–H and O–H groups in total. The standard InChI is InChI=1S/C11H12N2OS/c1-8-11(15-13-12-8)10(14)7-9-5-3-2-4-6-9/h2-6,10,14H,7H2,1H3. The van der Waals surface area contributed by atoms with E-state index < -0.39 is 6.10 Å². The zero-order valence-electron chi connectivity index (χ0n) is 8.42. The molecule has 1 aromatic carbocycles. The third-order valence-corrected chi connectivity index (χ3v) is 3.19. The number of benzene rings is 1. The SMILES string of the molecule is Cc1nnsc1C(O)Cc1ccccc1. The molecule has 0 aliphatic carbocycles. The normalized spacial score (nSPS) is 12.7. The van der Waals surface area contributed by atoms with Crippen molar-refractivity contribution in [2.75, 3.05) is 0 Å². The lowest BCUT2D eigenvalue weighted by molar-refractivity contribution is 0.181. The molecule has 1 heterocycles. The quantitative estimate of drug-likeness (QED) is 0.861. The van der Waals surface area contributed by atoms with E-state index in [2.05, 4.69) is 9.59 Å². The van der Waals surface area contributed by atoms with Crippen molar-refractivity contribution >= 4 is 11.5 Å². The summed E-state index contributed by atoms with van der Waals surface area (Å²) < 4.78 is 3.82. The lowest BCUT2D eigenvalue weighted by Crippen LogP contribution is -2.01. The predicted octanol–water partition coefficient (Wildman–Crippen LogP) is 2.12. The van der Waals surface area contributed by atoms with Crippen molar-refractivity contribution in [2.24, 2.45) is 0 Å². The Morgan fingerprint density at radius 3 is 2.67 bits per heavy atom. The van der Waals surface area contributed by atoms with Gasteiger partial charge in [-0.05, 0) is 24.0 Å². The van der Waals surface area contributed by atoms with E-state index in [-0.39, 0.29) is 0 Å². The van der Waals surface area contributed by atoms with Crippen molar-refractivity contribution in [1.29, 1.82) is 0 Å². The van der Waals surface area contributed by atoms with Gasteiger partial charge < -0.3 is 5.11 Å². The zero-order valence-corrected chi connectivity index (χ0v) is 9.24. The molecule has 3 nitrogen and oxygen atoms in total. The molecule has 0 spiro atoms. The minimum Gasteiger partial charge on any atom is -0.387 e. The second-order valence-corrected chi connectivity index (χ2v) is 4.21. The predicted molar refractivity (Wildman–Crippen MR) is 59.8 cm³/mol. The van der Waals surface area contributed by atoms with Gasteiger partial charge in [-0.2, -0.15) is 0 Å². The van der Waals surface area contributed by atoms with E-state index in [0.717, 1.165) is 16.1 Å². The second kappa shape index (κ2) is 4.51. The highest BCUT2D eigenvalue weighted by Gasteiger charge is 2.14. The maximum Gasteiger partial charge on any atom is 0.0957 e. The van der Waals surface area contributed by atoms with Crippen molar-refractivity contribution < 1.29 is 5.11 Å².